The summed E-state index contributed by atoms with van der Waals surface area (Å²) < 4.78 is 20.9. The molecule has 0 aliphatic carbocycles. The zero-order valence-corrected chi connectivity index (χ0v) is 16.4. The SMILES string of the molecule is O=c1c(=O)n(Cc2ccc(Cl)cc2)ccn1CCc1nc(-c2ccc(F)cc2)no1. The molecule has 0 radical (unpaired) electrons. The zero-order chi connectivity index (χ0) is 21.1. The van der Waals surface area contributed by atoms with Crippen LogP contribution < -0.4 is 11.1 Å². The maximum Gasteiger partial charge on any atom is 0.316 e. The van der Waals surface area contributed by atoms with Crippen LogP contribution in [0, 0.1) is 5.82 Å². The fourth-order valence-electron chi connectivity index (χ4n) is 2.92. The molecule has 0 spiro atoms. The van der Waals surface area contributed by atoms with Gasteiger partial charge in [0.2, 0.25) is 11.7 Å². The Morgan fingerprint density at radius 1 is 0.933 bits per heavy atom. The summed E-state index contributed by atoms with van der Waals surface area (Å²) in [4.78, 5) is 29.1. The maximum atomic E-state index is 13.0. The van der Waals surface area contributed by atoms with Gasteiger partial charge in [0.25, 0.3) is 0 Å². The Kier molecular flexibility index (Phi) is 5.58. The van der Waals surface area contributed by atoms with Gasteiger partial charge in [-0.2, -0.15) is 4.98 Å². The van der Waals surface area contributed by atoms with Crippen molar-refractivity contribution in [2.45, 2.75) is 19.5 Å². The molecule has 0 N–H and O–H groups in total. The minimum Gasteiger partial charge on any atom is -0.339 e. The Morgan fingerprint density at radius 2 is 1.60 bits per heavy atom. The Bertz CT molecular complexity index is 1280. The predicted octanol–water partition coefficient (Wildman–Crippen LogP) is 3.14. The van der Waals surface area contributed by atoms with Crippen molar-refractivity contribution in [2.24, 2.45) is 0 Å². The molecule has 2 aromatic heterocycles. The van der Waals surface area contributed by atoms with Gasteiger partial charge in [0.15, 0.2) is 0 Å². The molecule has 30 heavy (non-hydrogen) atoms. The highest BCUT2D eigenvalue weighted by Crippen LogP contribution is 2.16. The fraction of sp³-hybridized carbons (Fsp3) is 0.143. The third-order valence-corrected chi connectivity index (χ3v) is 4.79. The number of halogens is 2. The quantitative estimate of drug-likeness (QED) is 0.442. The Labute approximate surface area is 175 Å². The van der Waals surface area contributed by atoms with Crippen molar-refractivity contribution in [1.29, 1.82) is 0 Å². The van der Waals surface area contributed by atoms with Crippen molar-refractivity contribution in [3.05, 3.63) is 104 Å². The van der Waals surface area contributed by atoms with Crippen LogP contribution in [0.5, 0.6) is 0 Å². The van der Waals surface area contributed by atoms with Gasteiger partial charge in [0.1, 0.15) is 5.82 Å². The number of aryl methyl sites for hydroxylation is 2. The van der Waals surface area contributed by atoms with Crippen LogP contribution in [-0.2, 0) is 19.5 Å². The first kappa shape index (κ1) is 19.8. The second kappa shape index (κ2) is 8.46. The second-order valence-electron chi connectivity index (χ2n) is 6.62. The lowest BCUT2D eigenvalue weighted by atomic mass is 10.2. The first-order valence-electron chi connectivity index (χ1n) is 9.12. The molecule has 0 unspecified atom stereocenters. The van der Waals surface area contributed by atoms with E-state index in [1.54, 1.807) is 48.8 Å². The largest absolute Gasteiger partial charge is 0.339 e. The van der Waals surface area contributed by atoms with Crippen LogP contribution >= 0.6 is 11.6 Å². The molecule has 0 aliphatic heterocycles. The molecule has 0 fully saturated rings. The summed E-state index contributed by atoms with van der Waals surface area (Å²) >= 11 is 5.87. The van der Waals surface area contributed by atoms with E-state index in [4.69, 9.17) is 16.1 Å². The molecular weight excluding hydrogens is 411 g/mol. The molecule has 4 aromatic rings. The highest BCUT2D eigenvalue weighted by molar-refractivity contribution is 6.30. The highest BCUT2D eigenvalue weighted by Gasteiger charge is 2.11. The lowest BCUT2D eigenvalue weighted by molar-refractivity contribution is 0.371. The van der Waals surface area contributed by atoms with Gasteiger partial charge in [-0.1, -0.05) is 28.9 Å². The van der Waals surface area contributed by atoms with E-state index >= 15 is 0 Å². The average molecular weight is 427 g/mol. The summed E-state index contributed by atoms with van der Waals surface area (Å²) in [6.45, 7) is 0.484. The van der Waals surface area contributed by atoms with Crippen LogP contribution in [0.3, 0.4) is 0 Å². The van der Waals surface area contributed by atoms with E-state index in [1.165, 1.54) is 21.3 Å². The highest BCUT2D eigenvalue weighted by atomic mass is 35.5. The summed E-state index contributed by atoms with van der Waals surface area (Å²) in [6.07, 6.45) is 3.39. The van der Waals surface area contributed by atoms with E-state index in [0.717, 1.165) is 5.56 Å². The minimum atomic E-state index is -0.635. The average Bonchev–Trinajstić information content (AvgIpc) is 3.22. The Hall–Kier alpha value is -3.52. The fourth-order valence-corrected chi connectivity index (χ4v) is 3.04. The molecular formula is C21H16ClFN4O3. The molecule has 0 amide bonds. The van der Waals surface area contributed by atoms with Crippen LogP contribution in [0.15, 0.2) is 75.0 Å². The van der Waals surface area contributed by atoms with E-state index in [-0.39, 0.29) is 25.3 Å². The minimum absolute atomic E-state index is 0.209. The zero-order valence-electron chi connectivity index (χ0n) is 15.7. The molecule has 152 valence electrons. The van der Waals surface area contributed by atoms with E-state index in [9.17, 15) is 14.0 Å². The number of hydrogen-bond donors (Lipinski definition) is 0. The molecule has 4 rings (SSSR count). The van der Waals surface area contributed by atoms with Gasteiger partial charge in [-0.3, -0.25) is 9.59 Å². The lowest BCUT2D eigenvalue weighted by Gasteiger charge is -2.08. The topological polar surface area (TPSA) is 82.9 Å². The predicted molar refractivity (Wildman–Crippen MR) is 109 cm³/mol. The Balaban J connectivity index is 1.46. The van der Waals surface area contributed by atoms with Gasteiger partial charge >= 0.3 is 11.1 Å². The monoisotopic (exact) mass is 426 g/mol. The molecule has 2 heterocycles. The molecule has 0 atom stereocenters. The number of nitrogens with zero attached hydrogens (tertiary/aromatic N) is 4. The summed E-state index contributed by atoms with van der Waals surface area (Å²) in [5, 5.41) is 4.47. The summed E-state index contributed by atoms with van der Waals surface area (Å²) in [6, 6.07) is 12.8. The van der Waals surface area contributed by atoms with Gasteiger partial charge in [0.05, 0.1) is 6.54 Å². The first-order chi connectivity index (χ1) is 14.5. The van der Waals surface area contributed by atoms with Crippen LogP contribution in [0.25, 0.3) is 11.4 Å². The molecule has 2 aromatic carbocycles. The van der Waals surface area contributed by atoms with E-state index in [0.29, 0.717) is 22.3 Å². The van der Waals surface area contributed by atoms with E-state index in [2.05, 4.69) is 10.1 Å². The van der Waals surface area contributed by atoms with Crippen LogP contribution in [0.4, 0.5) is 4.39 Å². The first-order valence-corrected chi connectivity index (χ1v) is 9.50. The van der Waals surface area contributed by atoms with Gasteiger partial charge in [-0.15, -0.1) is 0 Å². The number of benzene rings is 2. The van der Waals surface area contributed by atoms with Crippen LogP contribution in [0.1, 0.15) is 11.5 Å². The third-order valence-electron chi connectivity index (χ3n) is 4.53. The van der Waals surface area contributed by atoms with Gasteiger partial charge in [-0.05, 0) is 42.0 Å². The van der Waals surface area contributed by atoms with Crippen molar-refractivity contribution in [3.63, 3.8) is 0 Å². The summed E-state index contributed by atoms with van der Waals surface area (Å²) in [7, 11) is 0. The molecule has 0 saturated carbocycles. The van der Waals surface area contributed by atoms with E-state index in [1.807, 2.05) is 0 Å². The number of aromatic nitrogens is 4. The van der Waals surface area contributed by atoms with Gasteiger partial charge in [0, 0.05) is 35.9 Å². The smallest absolute Gasteiger partial charge is 0.316 e. The normalized spacial score (nSPS) is 11.0. The molecule has 0 bridgehead atoms. The van der Waals surface area contributed by atoms with Crippen molar-refractivity contribution >= 4 is 11.6 Å². The summed E-state index contributed by atoms with van der Waals surface area (Å²) in [5.41, 5.74) is 0.223. The van der Waals surface area contributed by atoms with Crippen molar-refractivity contribution in [2.75, 3.05) is 0 Å². The number of rotatable bonds is 6. The van der Waals surface area contributed by atoms with Crippen molar-refractivity contribution < 1.29 is 8.91 Å². The molecule has 0 saturated heterocycles. The second-order valence-corrected chi connectivity index (χ2v) is 7.06. The molecule has 0 aliphatic rings. The molecule has 7 nitrogen and oxygen atoms in total. The van der Waals surface area contributed by atoms with Crippen molar-refractivity contribution in [3.8, 4) is 11.4 Å². The summed E-state index contributed by atoms with van der Waals surface area (Å²) in [5.74, 6) is 0.287. The Morgan fingerprint density at radius 3 is 2.33 bits per heavy atom. The van der Waals surface area contributed by atoms with E-state index < -0.39 is 11.1 Å². The molecule has 9 heteroatoms. The van der Waals surface area contributed by atoms with Crippen LogP contribution in [-0.4, -0.2) is 19.3 Å². The number of hydrogen-bond acceptors (Lipinski definition) is 5. The maximum absolute atomic E-state index is 13.0. The third kappa shape index (κ3) is 4.38. The van der Waals surface area contributed by atoms with Crippen molar-refractivity contribution in [1.82, 2.24) is 19.3 Å². The standard InChI is InChI=1S/C21H16ClFN4O3/c22-16-5-1-14(2-6-16)13-27-12-11-26(20(28)21(27)29)10-9-18-24-19(25-30-18)15-3-7-17(23)8-4-15/h1-8,11-12H,9-10,13H2. The lowest BCUT2D eigenvalue weighted by Crippen LogP contribution is -2.41. The van der Waals surface area contributed by atoms with Gasteiger partial charge < -0.3 is 13.7 Å². The van der Waals surface area contributed by atoms with Crippen LogP contribution in [0.2, 0.25) is 5.02 Å². The van der Waals surface area contributed by atoms with Gasteiger partial charge in [-0.25, -0.2) is 4.39 Å².